The summed E-state index contributed by atoms with van der Waals surface area (Å²) in [5.74, 6) is 0. The minimum atomic E-state index is -0.224. The average Bonchev–Trinajstić information content (AvgIpc) is 2.65. The van der Waals surface area contributed by atoms with E-state index in [0.29, 0.717) is 5.69 Å². The summed E-state index contributed by atoms with van der Waals surface area (Å²) in [6, 6.07) is 4.32. The molecule has 2 rings (SSSR count). The van der Waals surface area contributed by atoms with Crippen LogP contribution in [0, 0.1) is 18.3 Å². The second kappa shape index (κ2) is 5.55. The first kappa shape index (κ1) is 13.1. The number of aliphatic hydroxyl groups excluding tert-OH is 1. The highest BCUT2D eigenvalue weighted by Crippen LogP contribution is 2.20. The Morgan fingerprint density at radius 1 is 1.50 bits per heavy atom. The smallest absolute Gasteiger partial charge is 0.120 e. The molecule has 1 saturated carbocycles. The van der Waals surface area contributed by atoms with E-state index >= 15 is 0 Å². The maximum absolute atomic E-state index is 9.90. The van der Waals surface area contributed by atoms with Crippen LogP contribution in [-0.2, 0) is 13.6 Å². The summed E-state index contributed by atoms with van der Waals surface area (Å²) < 4.78 is 1.91. The van der Waals surface area contributed by atoms with Gasteiger partial charge in [0.25, 0.3) is 0 Å². The Bertz CT molecular complexity index is 458. The predicted octanol–water partition coefficient (Wildman–Crippen LogP) is 1.60. The standard InChI is InChI=1S/C14H21N3O/c1-10-11(7-12(8-15)17(10)2)9-16-13-5-3-4-6-14(13)18/h7,13-14,16,18H,3-6,9H2,1-2H3. The van der Waals surface area contributed by atoms with Gasteiger partial charge in [-0.1, -0.05) is 12.8 Å². The first-order valence-electron chi connectivity index (χ1n) is 6.60. The Hall–Kier alpha value is -1.31. The summed E-state index contributed by atoms with van der Waals surface area (Å²) in [6.07, 6.45) is 4.03. The van der Waals surface area contributed by atoms with Crippen molar-refractivity contribution in [3.8, 4) is 6.07 Å². The van der Waals surface area contributed by atoms with Crippen LogP contribution in [0.1, 0.15) is 42.6 Å². The number of nitriles is 1. The minimum Gasteiger partial charge on any atom is -0.392 e. The van der Waals surface area contributed by atoms with Crippen molar-refractivity contribution in [2.24, 2.45) is 7.05 Å². The largest absolute Gasteiger partial charge is 0.392 e. The van der Waals surface area contributed by atoms with Gasteiger partial charge in [0.05, 0.1) is 6.10 Å². The van der Waals surface area contributed by atoms with Crippen LogP contribution in [0.25, 0.3) is 0 Å². The summed E-state index contributed by atoms with van der Waals surface area (Å²) in [4.78, 5) is 0. The van der Waals surface area contributed by atoms with Gasteiger partial charge in [-0.25, -0.2) is 0 Å². The molecule has 4 heteroatoms. The van der Waals surface area contributed by atoms with Crippen LogP contribution in [0.4, 0.5) is 0 Å². The number of hydrogen-bond donors (Lipinski definition) is 2. The van der Waals surface area contributed by atoms with Gasteiger partial charge in [0.15, 0.2) is 0 Å². The minimum absolute atomic E-state index is 0.198. The molecule has 1 fully saturated rings. The second-order valence-corrected chi connectivity index (χ2v) is 5.15. The zero-order valence-corrected chi connectivity index (χ0v) is 11.1. The third kappa shape index (κ3) is 2.58. The van der Waals surface area contributed by atoms with Crippen LogP contribution in [0.3, 0.4) is 0 Å². The molecule has 1 aliphatic carbocycles. The molecule has 18 heavy (non-hydrogen) atoms. The topological polar surface area (TPSA) is 61.0 Å². The maximum atomic E-state index is 9.90. The fourth-order valence-corrected chi connectivity index (χ4v) is 2.64. The molecule has 2 N–H and O–H groups in total. The molecule has 0 bridgehead atoms. The van der Waals surface area contributed by atoms with Crippen molar-refractivity contribution in [2.45, 2.75) is 51.3 Å². The molecule has 0 radical (unpaired) electrons. The van der Waals surface area contributed by atoms with Crippen molar-refractivity contribution in [1.82, 2.24) is 9.88 Å². The molecule has 4 nitrogen and oxygen atoms in total. The lowest BCUT2D eigenvalue weighted by molar-refractivity contribution is 0.0902. The molecule has 2 atom stereocenters. The van der Waals surface area contributed by atoms with E-state index in [1.165, 1.54) is 6.42 Å². The highest BCUT2D eigenvalue weighted by Gasteiger charge is 2.22. The Morgan fingerprint density at radius 2 is 2.22 bits per heavy atom. The van der Waals surface area contributed by atoms with Crippen LogP contribution >= 0.6 is 0 Å². The van der Waals surface area contributed by atoms with Gasteiger partial charge in [-0.15, -0.1) is 0 Å². The fourth-order valence-electron chi connectivity index (χ4n) is 2.64. The van der Waals surface area contributed by atoms with E-state index in [1.54, 1.807) is 0 Å². The van der Waals surface area contributed by atoms with Gasteiger partial charge in [0.1, 0.15) is 11.8 Å². The van der Waals surface area contributed by atoms with Crippen molar-refractivity contribution in [3.05, 3.63) is 23.0 Å². The van der Waals surface area contributed by atoms with E-state index in [9.17, 15) is 5.11 Å². The molecule has 1 aromatic rings. The summed E-state index contributed by atoms with van der Waals surface area (Å²) in [5.41, 5.74) is 2.95. The van der Waals surface area contributed by atoms with Gasteiger partial charge >= 0.3 is 0 Å². The van der Waals surface area contributed by atoms with Gasteiger partial charge in [-0.2, -0.15) is 5.26 Å². The third-order valence-corrected chi connectivity index (χ3v) is 4.04. The first-order valence-corrected chi connectivity index (χ1v) is 6.60. The van der Waals surface area contributed by atoms with Gasteiger partial charge < -0.3 is 15.0 Å². The summed E-state index contributed by atoms with van der Waals surface area (Å²) in [5, 5.41) is 22.3. The van der Waals surface area contributed by atoms with Crippen molar-refractivity contribution in [3.63, 3.8) is 0 Å². The Labute approximate surface area is 108 Å². The summed E-state index contributed by atoms with van der Waals surface area (Å²) in [7, 11) is 1.91. The number of nitrogens with one attached hydrogen (secondary N) is 1. The lowest BCUT2D eigenvalue weighted by Crippen LogP contribution is -2.41. The second-order valence-electron chi connectivity index (χ2n) is 5.15. The molecule has 1 heterocycles. The van der Waals surface area contributed by atoms with Gasteiger partial charge in [-0.05, 0) is 31.4 Å². The monoisotopic (exact) mass is 247 g/mol. The van der Waals surface area contributed by atoms with Gasteiger partial charge in [-0.3, -0.25) is 0 Å². The number of rotatable bonds is 3. The van der Waals surface area contributed by atoms with Crippen molar-refractivity contribution >= 4 is 0 Å². The molecule has 98 valence electrons. The summed E-state index contributed by atoms with van der Waals surface area (Å²) in [6.45, 7) is 2.75. The fraction of sp³-hybridized carbons (Fsp3) is 0.643. The van der Waals surface area contributed by atoms with Crippen molar-refractivity contribution in [2.75, 3.05) is 0 Å². The van der Waals surface area contributed by atoms with Crippen molar-refractivity contribution < 1.29 is 5.11 Å². The normalized spacial score (nSPS) is 23.9. The molecule has 1 aliphatic rings. The SMILES string of the molecule is Cc1c(CNC2CCCCC2O)cc(C#N)n1C. The number of nitrogens with zero attached hydrogens (tertiary/aromatic N) is 2. The third-order valence-electron chi connectivity index (χ3n) is 4.04. The van der Waals surface area contributed by atoms with Crippen LogP contribution < -0.4 is 5.32 Å². The highest BCUT2D eigenvalue weighted by atomic mass is 16.3. The maximum Gasteiger partial charge on any atom is 0.120 e. The Balaban J connectivity index is 2.00. The van der Waals surface area contributed by atoms with E-state index in [2.05, 4.69) is 11.4 Å². The molecule has 0 aliphatic heterocycles. The zero-order valence-electron chi connectivity index (χ0n) is 11.1. The van der Waals surface area contributed by atoms with Crippen LogP contribution in [0.5, 0.6) is 0 Å². The van der Waals surface area contributed by atoms with Crippen LogP contribution in [0.2, 0.25) is 0 Å². The number of aromatic nitrogens is 1. The lowest BCUT2D eigenvalue weighted by atomic mass is 9.92. The van der Waals surface area contributed by atoms with E-state index < -0.39 is 0 Å². The van der Waals surface area contributed by atoms with Crippen LogP contribution in [0.15, 0.2) is 6.07 Å². The molecule has 0 aromatic carbocycles. The number of hydrogen-bond acceptors (Lipinski definition) is 3. The average molecular weight is 247 g/mol. The number of aliphatic hydroxyl groups is 1. The van der Waals surface area contributed by atoms with E-state index in [1.807, 2.05) is 24.6 Å². The summed E-state index contributed by atoms with van der Waals surface area (Å²) >= 11 is 0. The molecule has 0 saturated heterocycles. The van der Waals surface area contributed by atoms with E-state index in [-0.39, 0.29) is 12.1 Å². The van der Waals surface area contributed by atoms with E-state index in [4.69, 9.17) is 5.26 Å². The Morgan fingerprint density at radius 3 is 2.83 bits per heavy atom. The predicted molar refractivity (Wildman–Crippen MR) is 70.0 cm³/mol. The zero-order chi connectivity index (χ0) is 13.1. The van der Waals surface area contributed by atoms with Gasteiger partial charge in [0, 0.05) is 25.3 Å². The van der Waals surface area contributed by atoms with Crippen LogP contribution in [-0.4, -0.2) is 21.8 Å². The molecular formula is C14H21N3O. The molecule has 0 spiro atoms. The molecule has 2 unspecified atom stereocenters. The first-order chi connectivity index (χ1) is 8.63. The quantitative estimate of drug-likeness (QED) is 0.853. The molecule has 0 amide bonds. The Kier molecular flexibility index (Phi) is 4.05. The van der Waals surface area contributed by atoms with Crippen molar-refractivity contribution in [1.29, 1.82) is 5.26 Å². The lowest BCUT2D eigenvalue weighted by Gasteiger charge is -2.28. The highest BCUT2D eigenvalue weighted by molar-refractivity contribution is 5.34. The molecular weight excluding hydrogens is 226 g/mol. The molecule has 1 aromatic heterocycles. The van der Waals surface area contributed by atoms with Gasteiger partial charge in [0.2, 0.25) is 0 Å². The van der Waals surface area contributed by atoms with E-state index in [0.717, 1.165) is 37.1 Å².